The van der Waals surface area contributed by atoms with Crippen molar-refractivity contribution in [1.82, 2.24) is 0 Å². The van der Waals surface area contributed by atoms with E-state index < -0.39 is 7.92 Å². The third-order valence-corrected chi connectivity index (χ3v) is 8.05. The van der Waals surface area contributed by atoms with Crippen LogP contribution < -0.4 is 20.7 Å². The molecule has 0 unspecified atom stereocenters. The van der Waals surface area contributed by atoms with E-state index in [0.717, 1.165) is 5.75 Å². The summed E-state index contributed by atoms with van der Waals surface area (Å²) < 4.78 is 5.64. The molecule has 5 aromatic carbocycles. The molecular weight excluding hydrogens is 395 g/mol. The summed E-state index contributed by atoms with van der Waals surface area (Å²) in [6.07, 6.45) is 0. The van der Waals surface area contributed by atoms with Crippen molar-refractivity contribution in [3.8, 4) is 16.9 Å². The number of ether oxygens (including phenoxy) is 1. The molecule has 0 heterocycles. The molecule has 0 aromatic heterocycles. The first-order chi connectivity index (χ1) is 15.3. The number of hydrogen-bond acceptors (Lipinski definition) is 1. The molecule has 1 nitrogen and oxygen atoms in total. The van der Waals surface area contributed by atoms with Crippen molar-refractivity contribution in [3.05, 3.63) is 121 Å². The van der Waals surface area contributed by atoms with Crippen LogP contribution in [0.4, 0.5) is 0 Å². The maximum atomic E-state index is 5.64. The van der Waals surface area contributed by atoms with Gasteiger partial charge in [0.1, 0.15) is 5.75 Å². The maximum absolute atomic E-state index is 5.64. The minimum absolute atomic E-state index is 0.719. The summed E-state index contributed by atoms with van der Waals surface area (Å²) in [5, 5.41) is 6.53. The summed E-state index contributed by atoms with van der Waals surface area (Å²) in [4.78, 5) is 0. The van der Waals surface area contributed by atoms with Crippen LogP contribution in [-0.4, -0.2) is 7.11 Å². The summed E-state index contributed by atoms with van der Waals surface area (Å²) in [6, 6.07) is 43.4. The molecule has 0 amide bonds. The minimum atomic E-state index is -0.719. The van der Waals surface area contributed by atoms with Crippen molar-refractivity contribution in [2.24, 2.45) is 0 Å². The molecule has 0 fully saturated rings. The highest BCUT2D eigenvalue weighted by Crippen LogP contribution is 2.40. The lowest BCUT2D eigenvalue weighted by molar-refractivity contribution is 0.415. The van der Waals surface area contributed by atoms with Gasteiger partial charge in [0.05, 0.1) is 7.11 Å². The molecule has 0 aliphatic carbocycles. The number of fused-ring (bicyclic) bond motifs is 1. The number of benzene rings is 5. The quantitative estimate of drug-likeness (QED) is 0.306. The second kappa shape index (κ2) is 8.76. The Hall–Kier alpha value is -3.41. The predicted octanol–water partition coefficient (Wildman–Crippen LogP) is 6.27. The molecule has 0 bridgehead atoms. The van der Waals surface area contributed by atoms with Gasteiger partial charge >= 0.3 is 0 Å². The van der Waals surface area contributed by atoms with Gasteiger partial charge in [-0.1, -0.05) is 103 Å². The van der Waals surface area contributed by atoms with Crippen LogP contribution in [0.5, 0.6) is 5.75 Å². The zero-order valence-electron chi connectivity index (χ0n) is 17.4. The fourth-order valence-electron chi connectivity index (χ4n) is 4.09. The van der Waals surface area contributed by atoms with E-state index in [9.17, 15) is 0 Å². The topological polar surface area (TPSA) is 9.23 Å². The van der Waals surface area contributed by atoms with Gasteiger partial charge in [-0.15, -0.1) is 0 Å². The summed E-state index contributed by atoms with van der Waals surface area (Å²) in [5.41, 5.74) is 2.47. The van der Waals surface area contributed by atoms with E-state index in [-0.39, 0.29) is 0 Å². The van der Waals surface area contributed by atoms with Gasteiger partial charge in [-0.2, -0.15) is 0 Å². The molecule has 0 saturated heterocycles. The van der Waals surface area contributed by atoms with Gasteiger partial charge < -0.3 is 4.74 Å². The van der Waals surface area contributed by atoms with Gasteiger partial charge in [-0.25, -0.2) is 0 Å². The van der Waals surface area contributed by atoms with E-state index in [1.54, 1.807) is 7.11 Å². The second-order valence-corrected chi connectivity index (χ2v) is 9.60. The highest BCUT2D eigenvalue weighted by molar-refractivity contribution is 7.80. The lowest BCUT2D eigenvalue weighted by Crippen LogP contribution is -2.22. The van der Waals surface area contributed by atoms with Crippen molar-refractivity contribution in [3.63, 3.8) is 0 Å². The largest absolute Gasteiger partial charge is 0.497 e. The smallest absolute Gasteiger partial charge is 0.119 e. The summed E-state index contributed by atoms with van der Waals surface area (Å²) >= 11 is 0. The normalized spacial score (nSPS) is 11.0. The molecule has 0 atom stereocenters. The van der Waals surface area contributed by atoms with Gasteiger partial charge in [0.15, 0.2) is 0 Å². The maximum Gasteiger partial charge on any atom is 0.119 e. The molecule has 0 radical (unpaired) electrons. The Balaban J connectivity index is 1.81. The lowest BCUT2D eigenvalue weighted by Gasteiger charge is -2.23. The standard InChI is InChI=1S/C29H23OP/c1-30-23-19-20-29(28(21-23)27-18-10-12-22-11-8-9-17-26(22)27)31(24-13-4-2-5-14-24)25-15-6-3-7-16-25/h2-21H,1H3. The first kappa shape index (κ1) is 19.5. The molecule has 0 spiro atoms. The van der Waals surface area contributed by atoms with Crippen LogP contribution in [0.25, 0.3) is 21.9 Å². The van der Waals surface area contributed by atoms with Crippen molar-refractivity contribution >= 4 is 34.6 Å². The minimum Gasteiger partial charge on any atom is -0.497 e. The van der Waals surface area contributed by atoms with Crippen LogP contribution in [-0.2, 0) is 0 Å². The molecular formula is C29H23OP. The monoisotopic (exact) mass is 418 g/mol. The van der Waals surface area contributed by atoms with Crippen molar-refractivity contribution in [2.75, 3.05) is 7.11 Å². The van der Waals surface area contributed by atoms with Gasteiger partial charge in [-0.05, 0) is 63.9 Å². The van der Waals surface area contributed by atoms with E-state index in [1.165, 1.54) is 37.8 Å². The molecule has 31 heavy (non-hydrogen) atoms. The Kier molecular flexibility index (Phi) is 5.52. The second-order valence-electron chi connectivity index (χ2n) is 7.42. The van der Waals surface area contributed by atoms with E-state index in [0.29, 0.717) is 0 Å². The molecule has 0 saturated carbocycles. The Labute approximate surface area is 184 Å². The van der Waals surface area contributed by atoms with Gasteiger partial charge in [-0.3, -0.25) is 0 Å². The first-order valence-electron chi connectivity index (χ1n) is 10.4. The highest BCUT2D eigenvalue weighted by atomic mass is 31.1. The van der Waals surface area contributed by atoms with Crippen LogP contribution in [0.3, 0.4) is 0 Å². The Morgan fingerprint density at radius 3 is 1.84 bits per heavy atom. The first-order valence-corrected chi connectivity index (χ1v) is 11.8. The van der Waals surface area contributed by atoms with Crippen LogP contribution in [0.1, 0.15) is 0 Å². The van der Waals surface area contributed by atoms with E-state index >= 15 is 0 Å². The van der Waals surface area contributed by atoms with E-state index in [2.05, 4.69) is 121 Å². The van der Waals surface area contributed by atoms with Gasteiger partial charge in [0, 0.05) is 0 Å². The van der Waals surface area contributed by atoms with Crippen molar-refractivity contribution in [1.29, 1.82) is 0 Å². The Bertz CT molecular complexity index is 1270. The summed E-state index contributed by atoms with van der Waals surface area (Å²) in [6.45, 7) is 0. The average Bonchev–Trinajstić information content (AvgIpc) is 2.85. The van der Waals surface area contributed by atoms with E-state index in [4.69, 9.17) is 4.74 Å². The van der Waals surface area contributed by atoms with E-state index in [1.807, 2.05) is 0 Å². The number of rotatable bonds is 5. The van der Waals surface area contributed by atoms with Gasteiger partial charge in [0.2, 0.25) is 0 Å². The zero-order chi connectivity index (χ0) is 21.0. The third kappa shape index (κ3) is 3.85. The molecule has 0 aliphatic rings. The predicted molar refractivity (Wildman–Crippen MR) is 135 cm³/mol. The Morgan fingerprint density at radius 1 is 0.548 bits per heavy atom. The number of hydrogen-bond donors (Lipinski definition) is 0. The zero-order valence-corrected chi connectivity index (χ0v) is 18.3. The SMILES string of the molecule is COc1ccc(P(c2ccccc2)c2ccccc2)c(-c2cccc3ccccc23)c1. The molecule has 0 N–H and O–H groups in total. The van der Waals surface area contributed by atoms with Crippen LogP contribution in [0.2, 0.25) is 0 Å². The molecule has 2 heteroatoms. The van der Waals surface area contributed by atoms with Crippen LogP contribution in [0, 0.1) is 0 Å². The fourth-order valence-corrected chi connectivity index (χ4v) is 6.54. The summed E-state index contributed by atoms with van der Waals surface area (Å²) in [5.74, 6) is 0.878. The Morgan fingerprint density at radius 2 is 1.16 bits per heavy atom. The lowest BCUT2D eigenvalue weighted by atomic mass is 9.98. The third-order valence-electron chi connectivity index (χ3n) is 5.55. The molecule has 5 aromatic rings. The summed E-state index contributed by atoms with van der Waals surface area (Å²) in [7, 11) is 1.02. The molecule has 150 valence electrons. The van der Waals surface area contributed by atoms with Crippen LogP contribution >= 0.6 is 7.92 Å². The fraction of sp³-hybridized carbons (Fsp3) is 0.0345. The molecule has 5 rings (SSSR count). The average molecular weight is 418 g/mol. The molecule has 0 aliphatic heterocycles. The van der Waals surface area contributed by atoms with Crippen molar-refractivity contribution in [2.45, 2.75) is 0 Å². The highest BCUT2D eigenvalue weighted by Gasteiger charge is 2.21. The number of methoxy groups -OCH3 is 1. The van der Waals surface area contributed by atoms with Gasteiger partial charge in [0.25, 0.3) is 0 Å². The van der Waals surface area contributed by atoms with Crippen LogP contribution in [0.15, 0.2) is 121 Å². The van der Waals surface area contributed by atoms with Crippen molar-refractivity contribution < 1.29 is 4.74 Å².